The maximum atomic E-state index is 12.1. The van der Waals surface area contributed by atoms with E-state index in [9.17, 15) is 4.79 Å². The van der Waals surface area contributed by atoms with E-state index in [1.54, 1.807) is 13.0 Å². The van der Waals surface area contributed by atoms with Gasteiger partial charge in [0, 0.05) is 12.2 Å². The Morgan fingerprint density at radius 3 is 2.89 bits per heavy atom. The molecule has 7 heteroatoms. The highest BCUT2D eigenvalue weighted by Crippen LogP contribution is 2.21. The number of rotatable bonds is 4. The number of fused-ring (bicyclic) bond motifs is 1. The van der Waals surface area contributed by atoms with Crippen LogP contribution in [0.1, 0.15) is 28.2 Å². The molecule has 19 heavy (non-hydrogen) atoms. The summed E-state index contributed by atoms with van der Waals surface area (Å²) in [6.45, 7) is 4.72. The van der Waals surface area contributed by atoms with Crippen molar-refractivity contribution in [3.8, 4) is 0 Å². The topological polar surface area (TPSA) is 94.0 Å². The Balaban J connectivity index is 0.00000180. The Morgan fingerprint density at radius 1 is 1.47 bits per heavy atom. The Morgan fingerprint density at radius 2 is 2.21 bits per heavy atom. The number of aromatic nitrogens is 2. The highest BCUT2D eigenvalue weighted by Gasteiger charge is 2.17. The van der Waals surface area contributed by atoms with Crippen molar-refractivity contribution < 1.29 is 9.32 Å². The van der Waals surface area contributed by atoms with Crippen LogP contribution in [0.25, 0.3) is 11.1 Å². The predicted molar refractivity (Wildman–Crippen MR) is 74.5 cm³/mol. The number of carbonyl (C=O) groups excluding carboxylic acids is 1. The molecule has 0 fully saturated rings. The summed E-state index contributed by atoms with van der Waals surface area (Å²) in [5.41, 5.74) is 7.73. The van der Waals surface area contributed by atoms with Crippen molar-refractivity contribution in [2.75, 3.05) is 13.1 Å². The summed E-state index contributed by atoms with van der Waals surface area (Å²) < 4.78 is 5.08. The van der Waals surface area contributed by atoms with Crippen LogP contribution in [0, 0.1) is 13.8 Å². The lowest BCUT2D eigenvalue weighted by Gasteiger charge is -2.06. The van der Waals surface area contributed by atoms with Crippen molar-refractivity contribution in [2.24, 2.45) is 5.73 Å². The molecule has 0 spiro atoms. The number of aryl methyl sites for hydroxylation is 2. The van der Waals surface area contributed by atoms with Crippen LogP contribution < -0.4 is 11.1 Å². The van der Waals surface area contributed by atoms with Crippen molar-refractivity contribution in [1.82, 2.24) is 15.5 Å². The number of carbonyl (C=O) groups is 1. The molecule has 6 nitrogen and oxygen atoms in total. The number of nitrogens with two attached hydrogens (primary N) is 1. The van der Waals surface area contributed by atoms with Crippen LogP contribution in [0.2, 0.25) is 0 Å². The minimum atomic E-state index is -0.148. The molecule has 2 aromatic heterocycles. The van der Waals surface area contributed by atoms with Crippen molar-refractivity contribution >= 4 is 29.4 Å². The molecule has 2 aromatic rings. The van der Waals surface area contributed by atoms with Gasteiger partial charge in [-0.05, 0) is 32.9 Å². The van der Waals surface area contributed by atoms with Crippen LogP contribution in [-0.2, 0) is 0 Å². The van der Waals surface area contributed by atoms with Gasteiger partial charge in [-0.2, -0.15) is 0 Å². The molecule has 0 aliphatic heterocycles. The highest BCUT2D eigenvalue weighted by molar-refractivity contribution is 6.05. The molecule has 0 atom stereocenters. The number of halogens is 1. The summed E-state index contributed by atoms with van der Waals surface area (Å²) in [6.07, 6.45) is 0.752. The van der Waals surface area contributed by atoms with Gasteiger partial charge in [-0.15, -0.1) is 12.4 Å². The quantitative estimate of drug-likeness (QED) is 0.826. The second-order valence-corrected chi connectivity index (χ2v) is 4.16. The first-order valence-corrected chi connectivity index (χ1v) is 5.85. The summed E-state index contributed by atoms with van der Waals surface area (Å²) >= 11 is 0. The fourth-order valence-electron chi connectivity index (χ4n) is 1.80. The van der Waals surface area contributed by atoms with Gasteiger partial charge < -0.3 is 15.6 Å². The second-order valence-electron chi connectivity index (χ2n) is 4.16. The zero-order chi connectivity index (χ0) is 13.1. The van der Waals surface area contributed by atoms with Crippen LogP contribution in [0.4, 0.5) is 0 Å². The van der Waals surface area contributed by atoms with E-state index >= 15 is 0 Å². The average molecular weight is 285 g/mol. The minimum Gasteiger partial charge on any atom is -0.352 e. The molecule has 2 rings (SSSR count). The third-order valence-corrected chi connectivity index (χ3v) is 2.66. The van der Waals surface area contributed by atoms with E-state index in [-0.39, 0.29) is 18.3 Å². The molecule has 0 saturated carbocycles. The maximum absolute atomic E-state index is 12.1. The number of amides is 1. The predicted octanol–water partition coefficient (Wildman–Crippen LogP) is 1.34. The van der Waals surface area contributed by atoms with Gasteiger partial charge in [0.25, 0.3) is 11.6 Å². The molecule has 2 heterocycles. The Bertz CT molecular complexity index is 582. The largest absolute Gasteiger partial charge is 0.352 e. The average Bonchev–Trinajstić information content (AvgIpc) is 2.70. The highest BCUT2D eigenvalue weighted by atomic mass is 35.5. The molecular weight excluding hydrogens is 268 g/mol. The Hall–Kier alpha value is -1.66. The minimum absolute atomic E-state index is 0. The van der Waals surface area contributed by atoms with Crippen molar-refractivity contribution in [1.29, 1.82) is 0 Å². The summed E-state index contributed by atoms with van der Waals surface area (Å²) in [6, 6.07) is 1.74. The van der Waals surface area contributed by atoms with Crippen LogP contribution >= 0.6 is 12.4 Å². The molecule has 0 saturated heterocycles. The van der Waals surface area contributed by atoms with Crippen molar-refractivity contribution in [3.05, 3.63) is 23.0 Å². The first-order chi connectivity index (χ1) is 8.63. The fourth-order valence-corrected chi connectivity index (χ4v) is 1.80. The summed E-state index contributed by atoms with van der Waals surface area (Å²) in [5, 5.41) is 7.33. The zero-order valence-corrected chi connectivity index (χ0v) is 11.7. The Labute approximate surface area is 117 Å². The van der Waals surface area contributed by atoms with Gasteiger partial charge in [0.15, 0.2) is 0 Å². The lowest BCUT2D eigenvalue weighted by atomic mass is 10.1. The monoisotopic (exact) mass is 284 g/mol. The van der Waals surface area contributed by atoms with E-state index in [2.05, 4.69) is 15.5 Å². The van der Waals surface area contributed by atoms with Crippen molar-refractivity contribution in [2.45, 2.75) is 20.3 Å². The normalized spacial score (nSPS) is 10.3. The number of nitrogens with zero attached hydrogens (tertiary/aromatic N) is 2. The molecule has 0 aromatic carbocycles. The summed E-state index contributed by atoms with van der Waals surface area (Å²) in [5.74, 6) is -0.148. The molecule has 0 aliphatic carbocycles. The van der Waals surface area contributed by atoms with Gasteiger partial charge in [0.2, 0.25) is 0 Å². The lowest BCUT2D eigenvalue weighted by Crippen LogP contribution is -2.26. The zero-order valence-electron chi connectivity index (χ0n) is 10.9. The molecule has 0 aliphatic rings. The van der Waals surface area contributed by atoms with Crippen LogP contribution in [-0.4, -0.2) is 29.1 Å². The van der Waals surface area contributed by atoms with Gasteiger partial charge in [0.1, 0.15) is 0 Å². The lowest BCUT2D eigenvalue weighted by molar-refractivity contribution is 0.0955. The number of hydrogen-bond acceptors (Lipinski definition) is 5. The first-order valence-electron chi connectivity index (χ1n) is 5.85. The summed E-state index contributed by atoms with van der Waals surface area (Å²) in [7, 11) is 0. The van der Waals surface area contributed by atoms with Crippen LogP contribution in [0.15, 0.2) is 10.6 Å². The number of pyridine rings is 1. The molecule has 3 N–H and O–H groups in total. The standard InChI is InChI=1S/C12H16N4O2.ClH/c1-7-6-9(11(17)14-5-3-4-13)10-8(2)16-18-12(10)15-7;/h6H,3-5,13H2,1-2H3,(H,14,17);1H. The maximum Gasteiger partial charge on any atom is 0.258 e. The fraction of sp³-hybridized carbons (Fsp3) is 0.417. The third kappa shape index (κ3) is 3.21. The van der Waals surface area contributed by atoms with Gasteiger partial charge in [0.05, 0.1) is 16.6 Å². The van der Waals surface area contributed by atoms with Crippen LogP contribution in [0.5, 0.6) is 0 Å². The number of nitrogens with one attached hydrogen (secondary N) is 1. The van der Waals surface area contributed by atoms with E-state index < -0.39 is 0 Å². The van der Waals surface area contributed by atoms with E-state index in [0.717, 1.165) is 12.1 Å². The van der Waals surface area contributed by atoms with E-state index in [1.807, 2.05) is 6.92 Å². The van der Waals surface area contributed by atoms with Gasteiger partial charge in [-0.1, -0.05) is 5.16 Å². The molecular formula is C12H17ClN4O2. The first kappa shape index (κ1) is 15.4. The smallest absolute Gasteiger partial charge is 0.258 e. The second kappa shape index (κ2) is 6.49. The van der Waals surface area contributed by atoms with Crippen LogP contribution in [0.3, 0.4) is 0 Å². The van der Waals surface area contributed by atoms with Gasteiger partial charge in [-0.3, -0.25) is 4.79 Å². The molecule has 0 radical (unpaired) electrons. The molecule has 0 bridgehead atoms. The molecule has 1 amide bonds. The van der Waals surface area contributed by atoms with E-state index in [0.29, 0.717) is 35.4 Å². The SMILES string of the molecule is Cc1cc(C(=O)NCCCN)c2c(C)noc2n1.Cl. The van der Waals surface area contributed by atoms with Gasteiger partial charge in [-0.25, -0.2) is 4.98 Å². The van der Waals surface area contributed by atoms with E-state index in [1.165, 1.54) is 0 Å². The Kier molecular flexibility index (Phi) is 5.26. The number of hydrogen-bond donors (Lipinski definition) is 2. The van der Waals surface area contributed by atoms with Gasteiger partial charge >= 0.3 is 0 Å². The summed E-state index contributed by atoms with van der Waals surface area (Å²) in [4.78, 5) is 16.3. The molecule has 104 valence electrons. The molecule has 0 unspecified atom stereocenters. The van der Waals surface area contributed by atoms with E-state index in [4.69, 9.17) is 10.3 Å². The third-order valence-electron chi connectivity index (χ3n) is 2.66. The van der Waals surface area contributed by atoms with Crippen molar-refractivity contribution in [3.63, 3.8) is 0 Å².